The molecule has 0 heterocycles. The van der Waals surface area contributed by atoms with Crippen LogP contribution in [0.15, 0.2) is 72.7 Å². The molecule has 2 rings (SSSR count). The van der Waals surface area contributed by atoms with Crippen molar-refractivity contribution in [1.82, 2.24) is 0 Å². The summed E-state index contributed by atoms with van der Waals surface area (Å²) in [6, 6.07) is 19.8. The van der Waals surface area contributed by atoms with Crippen LogP contribution in [0, 0.1) is 5.41 Å². The topological polar surface area (TPSA) is 23.9 Å². The van der Waals surface area contributed by atoms with Crippen LogP contribution >= 0.6 is 50.7 Å². The lowest BCUT2D eigenvalue weighted by Crippen LogP contribution is -2.39. The van der Waals surface area contributed by atoms with Gasteiger partial charge in [0.05, 0.1) is 4.22 Å². The lowest BCUT2D eigenvalue weighted by Gasteiger charge is -2.32. The Hall–Kier alpha value is -0.735. The fourth-order valence-electron chi connectivity index (χ4n) is 2.43. The molecular weight excluding hydrogens is 415 g/mol. The van der Waals surface area contributed by atoms with Crippen LogP contribution < -0.4 is 0 Å². The number of nitrogens with one attached hydrogen (secondary N) is 1. The maximum Gasteiger partial charge on any atom is 0.243 e. The molecule has 0 unspecified atom stereocenters. The SMILES string of the molecule is N=CB(C=CC(Cl)(Cl)Cl)C(Br)(c1ccccc1)c1ccccc1. The third-order valence-corrected chi connectivity index (χ3v) is 5.34. The van der Waals surface area contributed by atoms with E-state index in [1.54, 1.807) is 5.98 Å². The summed E-state index contributed by atoms with van der Waals surface area (Å²) in [6.07, 6.45) is 2.83. The molecule has 0 aliphatic carbocycles. The molecule has 0 radical (unpaired) electrons. The van der Waals surface area contributed by atoms with Gasteiger partial charge < -0.3 is 5.41 Å². The van der Waals surface area contributed by atoms with E-state index in [9.17, 15) is 0 Å². The Balaban J connectivity index is 2.58. The highest BCUT2D eigenvalue weighted by atomic mass is 79.9. The molecule has 0 amide bonds. The van der Waals surface area contributed by atoms with E-state index in [1.807, 2.05) is 60.7 Å². The van der Waals surface area contributed by atoms with Crippen LogP contribution in [-0.2, 0) is 4.22 Å². The lowest BCUT2D eigenvalue weighted by molar-refractivity contribution is 1.06. The molecule has 0 aromatic heterocycles. The van der Waals surface area contributed by atoms with E-state index in [1.165, 1.54) is 12.2 Å². The average Bonchev–Trinajstić information content (AvgIpc) is 2.55. The van der Waals surface area contributed by atoms with Gasteiger partial charge in [0, 0.05) is 0 Å². The number of hydrogen-bond acceptors (Lipinski definition) is 1. The van der Waals surface area contributed by atoms with E-state index in [4.69, 9.17) is 40.2 Å². The predicted octanol–water partition coefficient (Wildman–Crippen LogP) is 6.01. The number of halogens is 4. The van der Waals surface area contributed by atoms with Gasteiger partial charge in [0.2, 0.25) is 10.5 Å². The van der Waals surface area contributed by atoms with E-state index in [0.717, 1.165) is 11.1 Å². The van der Waals surface area contributed by atoms with Crippen molar-refractivity contribution < 1.29 is 0 Å². The number of alkyl halides is 4. The summed E-state index contributed by atoms with van der Waals surface area (Å²) in [4.78, 5) is 0. The molecule has 23 heavy (non-hydrogen) atoms. The number of rotatable bonds is 5. The molecule has 0 fully saturated rings. The minimum absolute atomic E-state index is 0.331. The third-order valence-electron chi connectivity index (χ3n) is 3.52. The van der Waals surface area contributed by atoms with Gasteiger partial charge in [0.1, 0.15) is 0 Å². The quantitative estimate of drug-likeness (QED) is 0.342. The maximum atomic E-state index is 7.89. The molecule has 118 valence electrons. The highest BCUT2D eigenvalue weighted by Crippen LogP contribution is 2.41. The third kappa shape index (κ3) is 4.63. The van der Waals surface area contributed by atoms with Gasteiger partial charge in [-0.15, -0.1) is 5.98 Å². The summed E-state index contributed by atoms with van der Waals surface area (Å²) in [5, 5.41) is 7.89. The molecule has 0 aliphatic heterocycles. The second-order valence-corrected chi connectivity index (χ2v) is 8.66. The zero-order valence-electron chi connectivity index (χ0n) is 12.1. The molecule has 0 spiro atoms. The van der Waals surface area contributed by atoms with E-state index in [-0.39, 0.29) is 6.71 Å². The lowest BCUT2D eigenvalue weighted by atomic mass is 9.39. The van der Waals surface area contributed by atoms with Crippen LogP contribution in [0.4, 0.5) is 0 Å². The first-order chi connectivity index (χ1) is 10.9. The zero-order chi connectivity index (χ0) is 16.9. The Kier molecular flexibility index (Phi) is 6.38. The van der Waals surface area contributed by atoms with Gasteiger partial charge in [0.15, 0.2) is 0 Å². The molecule has 2 aromatic carbocycles. The fraction of sp³-hybridized carbons (Fsp3) is 0.118. The van der Waals surface area contributed by atoms with E-state index in [0.29, 0.717) is 0 Å². The second-order valence-electron chi connectivity index (χ2n) is 5.04. The van der Waals surface area contributed by atoms with Crippen LogP contribution in [0.3, 0.4) is 0 Å². The summed E-state index contributed by atoms with van der Waals surface area (Å²) in [7, 11) is 0. The minimum Gasteiger partial charge on any atom is -0.322 e. The highest BCUT2D eigenvalue weighted by molar-refractivity contribution is 9.10. The van der Waals surface area contributed by atoms with Crippen molar-refractivity contribution in [2.24, 2.45) is 0 Å². The fourth-order valence-corrected chi connectivity index (χ4v) is 3.46. The van der Waals surface area contributed by atoms with Gasteiger partial charge in [-0.2, -0.15) is 0 Å². The van der Waals surface area contributed by atoms with E-state index in [2.05, 4.69) is 15.9 Å². The van der Waals surface area contributed by atoms with Gasteiger partial charge >= 0.3 is 0 Å². The molecule has 0 bridgehead atoms. The van der Waals surface area contributed by atoms with Gasteiger partial charge in [0.25, 0.3) is 0 Å². The number of hydrogen-bond donors (Lipinski definition) is 1. The first-order valence-corrected chi connectivity index (χ1v) is 8.87. The summed E-state index contributed by atoms with van der Waals surface area (Å²) in [5.74, 6) is 1.74. The van der Waals surface area contributed by atoms with Crippen molar-refractivity contribution in [2.45, 2.75) is 8.02 Å². The normalized spacial score (nSPS) is 12.3. The Labute approximate surface area is 160 Å². The summed E-state index contributed by atoms with van der Waals surface area (Å²) < 4.78 is -2.12. The van der Waals surface area contributed by atoms with Crippen molar-refractivity contribution in [3.63, 3.8) is 0 Å². The molecule has 0 atom stereocenters. The summed E-state index contributed by atoms with van der Waals surface area (Å²) in [6.45, 7) is -0.331. The first-order valence-electron chi connectivity index (χ1n) is 6.94. The Morgan fingerprint density at radius 3 is 1.65 bits per heavy atom. The Morgan fingerprint density at radius 2 is 1.30 bits per heavy atom. The Bertz CT molecular complexity index is 632. The largest absolute Gasteiger partial charge is 0.322 e. The molecule has 1 N–H and O–H groups in total. The summed E-state index contributed by atoms with van der Waals surface area (Å²) in [5.41, 5.74) is 2.04. The monoisotopic (exact) mass is 427 g/mol. The maximum absolute atomic E-state index is 7.89. The van der Waals surface area contributed by atoms with Gasteiger partial charge in [-0.05, 0) is 23.3 Å². The average molecular weight is 429 g/mol. The molecule has 1 nitrogen and oxygen atoms in total. The van der Waals surface area contributed by atoms with Gasteiger partial charge in [-0.3, -0.25) is 0 Å². The van der Waals surface area contributed by atoms with Crippen molar-refractivity contribution in [3.05, 3.63) is 83.8 Å². The molecule has 0 aliphatic rings. The minimum atomic E-state index is -1.50. The number of benzene rings is 2. The van der Waals surface area contributed by atoms with Gasteiger partial charge in [-0.25, -0.2) is 0 Å². The molecule has 0 saturated heterocycles. The van der Waals surface area contributed by atoms with Crippen LogP contribution in [-0.4, -0.2) is 16.6 Å². The van der Waals surface area contributed by atoms with Crippen LogP contribution in [0.2, 0.25) is 0 Å². The summed E-state index contributed by atoms with van der Waals surface area (Å²) >= 11 is 21.4. The van der Waals surface area contributed by atoms with Crippen LogP contribution in [0.1, 0.15) is 11.1 Å². The van der Waals surface area contributed by atoms with Crippen molar-refractivity contribution >= 4 is 63.6 Å². The van der Waals surface area contributed by atoms with Gasteiger partial charge in [-0.1, -0.05) is 111 Å². The van der Waals surface area contributed by atoms with E-state index < -0.39 is 8.02 Å². The highest BCUT2D eigenvalue weighted by Gasteiger charge is 2.40. The molecular formula is C17H14BBrCl3N. The molecule has 0 saturated carbocycles. The van der Waals surface area contributed by atoms with E-state index >= 15 is 0 Å². The standard InChI is InChI=1S/C17H14BBrCl3N/c19-17(14-7-3-1-4-8-14,15-9-5-2-6-10-15)18(13-23)12-11-16(20,21)22/h1-13,23H. The smallest absolute Gasteiger partial charge is 0.243 e. The molecule has 6 heteroatoms. The van der Waals surface area contributed by atoms with Crippen molar-refractivity contribution in [3.8, 4) is 0 Å². The molecule has 2 aromatic rings. The van der Waals surface area contributed by atoms with Crippen molar-refractivity contribution in [2.75, 3.05) is 0 Å². The van der Waals surface area contributed by atoms with Crippen LogP contribution in [0.25, 0.3) is 0 Å². The number of allylic oxidation sites excluding steroid dienone is 1. The Morgan fingerprint density at radius 1 is 0.870 bits per heavy atom. The predicted molar refractivity (Wildman–Crippen MR) is 107 cm³/mol. The van der Waals surface area contributed by atoms with Crippen LogP contribution in [0.5, 0.6) is 0 Å². The van der Waals surface area contributed by atoms with Crippen molar-refractivity contribution in [1.29, 1.82) is 5.41 Å². The zero-order valence-corrected chi connectivity index (χ0v) is 15.9. The second kappa shape index (κ2) is 7.89. The first kappa shape index (κ1) is 18.6.